The predicted octanol–water partition coefficient (Wildman–Crippen LogP) is 2.57. The number of amides is 1. The first kappa shape index (κ1) is 15.0. The first-order valence-electron chi connectivity index (χ1n) is 6.94. The molecule has 18 heavy (non-hydrogen) atoms. The van der Waals surface area contributed by atoms with Crippen LogP contribution in [-0.4, -0.2) is 23.7 Å². The van der Waals surface area contributed by atoms with E-state index in [1.54, 1.807) is 6.08 Å². The molecule has 0 radical (unpaired) electrons. The molecule has 0 spiro atoms. The van der Waals surface area contributed by atoms with Crippen LogP contribution in [0, 0.1) is 5.92 Å². The Balaban J connectivity index is 2.28. The van der Waals surface area contributed by atoms with E-state index in [-0.39, 0.29) is 12.0 Å². The maximum absolute atomic E-state index is 11.6. The summed E-state index contributed by atoms with van der Waals surface area (Å²) >= 11 is 0. The van der Waals surface area contributed by atoms with Gasteiger partial charge in [0.1, 0.15) is 0 Å². The van der Waals surface area contributed by atoms with Crippen molar-refractivity contribution in [1.82, 2.24) is 5.32 Å². The van der Waals surface area contributed by atoms with Crippen LogP contribution in [0.15, 0.2) is 23.8 Å². The van der Waals surface area contributed by atoms with Crippen molar-refractivity contribution in [2.45, 2.75) is 52.1 Å². The Bertz CT molecular complexity index is 320. The van der Waals surface area contributed by atoms with Crippen molar-refractivity contribution < 1.29 is 9.90 Å². The molecule has 0 heterocycles. The van der Waals surface area contributed by atoms with Crippen molar-refractivity contribution in [3.63, 3.8) is 0 Å². The number of allylic oxidation sites excluding steroid dienone is 3. The Hall–Kier alpha value is -1.09. The molecule has 1 aliphatic carbocycles. The third-order valence-corrected chi connectivity index (χ3v) is 3.55. The molecule has 0 aromatic heterocycles. The molecule has 3 nitrogen and oxygen atoms in total. The second-order valence-corrected chi connectivity index (χ2v) is 4.98. The molecule has 1 aliphatic rings. The van der Waals surface area contributed by atoms with E-state index in [1.165, 1.54) is 5.57 Å². The predicted molar refractivity (Wildman–Crippen MR) is 74.2 cm³/mol. The van der Waals surface area contributed by atoms with Gasteiger partial charge in [0.2, 0.25) is 5.91 Å². The Morgan fingerprint density at radius 1 is 1.39 bits per heavy atom. The molecule has 1 fully saturated rings. The lowest BCUT2D eigenvalue weighted by Gasteiger charge is -2.25. The van der Waals surface area contributed by atoms with Gasteiger partial charge in [-0.15, -0.1) is 0 Å². The van der Waals surface area contributed by atoms with Crippen LogP contribution < -0.4 is 5.32 Å². The quantitative estimate of drug-likeness (QED) is 0.583. The third kappa shape index (κ3) is 5.50. The van der Waals surface area contributed by atoms with Crippen LogP contribution in [0.2, 0.25) is 0 Å². The van der Waals surface area contributed by atoms with Gasteiger partial charge in [0.25, 0.3) is 0 Å². The molecule has 0 aromatic rings. The Labute approximate surface area is 110 Å². The molecule has 1 amide bonds. The number of nitrogens with one attached hydrogen (secondary N) is 1. The molecule has 0 saturated heterocycles. The Morgan fingerprint density at radius 3 is 2.78 bits per heavy atom. The SMILES string of the molecule is CC=C(C=CC(=O)NCC1CCCC(O)C1)CC. The van der Waals surface area contributed by atoms with Crippen molar-refractivity contribution in [1.29, 1.82) is 0 Å². The van der Waals surface area contributed by atoms with Gasteiger partial charge in [-0.05, 0) is 38.5 Å². The summed E-state index contributed by atoms with van der Waals surface area (Å²) in [5, 5.41) is 12.5. The van der Waals surface area contributed by atoms with Crippen LogP contribution in [-0.2, 0) is 4.79 Å². The average molecular weight is 251 g/mol. The number of rotatable bonds is 5. The number of aliphatic hydroxyl groups excluding tert-OH is 1. The second-order valence-electron chi connectivity index (χ2n) is 4.98. The Kier molecular flexibility index (Phi) is 6.73. The summed E-state index contributed by atoms with van der Waals surface area (Å²) in [6.07, 6.45) is 10.1. The molecule has 2 N–H and O–H groups in total. The summed E-state index contributed by atoms with van der Waals surface area (Å²) < 4.78 is 0. The van der Waals surface area contributed by atoms with Crippen molar-refractivity contribution in [2.24, 2.45) is 5.92 Å². The maximum Gasteiger partial charge on any atom is 0.243 e. The van der Waals surface area contributed by atoms with Gasteiger partial charge in [-0.2, -0.15) is 0 Å². The third-order valence-electron chi connectivity index (χ3n) is 3.55. The highest BCUT2D eigenvalue weighted by molar-refractivity contribution is 5.87. The topological polar surface area (TPSA) is 49.3 Å². The fraction of sp³-hybridized carbons (Fsp3) is 0.667. The average Bonchev–Trinajstić information content (AvgIpc) is 2.37. The fourth-order valence-electron chi connectivity index (χ4n) is 2.35. The molecule has 1 rings (SSSR count). The van der Waals surface area contributed by atoms with Gasteiger partial charge >= 0.3 is 0 Å². The number of hydrogen-bond donors (Lipinski definition) is 2. The van der Waals surface area contributed by atoms with E-state index in [2.05, 4.69) is 12.2 Å². The number of aliphatic hydroxyl groups is 1. The lowest BCUT2D eigenvalue weighted by atomic mass is 9.87. The smallest absolute Gasteiger partial charge is 0.243 e. The van der Waals surface area contributed by atoms with E-state index in [9.17, 15) is 9.90 Å². The lowest BCUT2D eigenvalue weighted by Crippen LogP contribution is -2.32. The summed E-state index contributed by atoms with van der Waals surface area (Å²) in [5.74, 6) is 0.390. The standard InChI is InChI=1S/C15H25NO2/c1-3-12(4-2)8-9-15(18)16-11-13-6-5-7-14(17)10-13/h3,8-9,13-14,17H,4-7,10-11H2,1-2H3,(H,16,18). The first-order chi connectivity index (χ1) is 8.65. The molecular formula is C15H25NO2. The molecule has 3 heteroatoms. The van der Waals surface area contributed by atoms with Crippen LogP contribution in [0.1, 0.15) is 46.0 Å². The summed E-state index contributed by atoms with van der Waals surface area (Å²) in [4.78, 5) is 11.6. The normalized spacial score (nSPS) is 25.4. The van der Waals surface area contributed by atoms with Crippen LogP contribution in [0.4, 0.5) is 0 Å². The van der Waals surface area contributed by atoms with Gasteiger partial charge in [0.15, 0.2) is 0 Å². The first-order valence-corrected chi connectivity index (χ1v) is 6.94. The molecule has 0 aromatic carbocycles. The van der Waals surface area contributed by atoms with Crippen LogP contribution >= 0.6 is 0 Å². The maximum atomic E-state index is 11.6. The largest absolute Gasteiger partial charge is 0.393 e. The van der Waals surface area contributed by atoms with Crippen molar-refractivity contribution >= 4 is 5.91 Å². The van der Waals surface area contributed by atoms with E-state index in [4.69, 9.17) is 0 Å². The van der Waals surface area contributed by atoms with Gasteiger partial charge in [-0.3, -0.25) is 4.79 Å². The molecule has 1 saturated carbocycles. The van der Waals surface area contributed by atoms with Crippen molar-refractivity contribution in [2.75, 3.05) is 6.54 Å². The summed E-state index contributed by atoms with van der Waals surface area (Å²) in [6.45, 7) is 4.73. The molecular weight excluding hydrogens is 226 g/mol. The van der Waals surface area contributed by atoms with Crippen molar-refractivity contribution in [3.05, 3.63) is 23.8 Å². The highest BCUT2D eigenvalue weighted by Gasteiger charge is 2.19. The van der Waals surface area contributed by atoms with Gasteiger partial charge < -0.3 is 10.4 Å². The Morgan fingerprint density at radius 2 is 2.17 bits per heavy atom. The van der Waals surface area contributed by atoms with Crippen LogP contribution in [0.25, 0.3) is 0 Å². The van der Waals surface area contributed by atoms with E-state index in [0.29, 0.717) is 12.5 Å². The number of carbonyl (C=O) groups excluding carboxylic acids is 1. The van der Waals surface area contributed by atoms with Gasteiger partial charge in [0.05, 0.1) is 6.10 Å². The lowest BCUT2D eigenvalue weighted by molar-refractivity contribution is -0.116. The molecule has 102 valence electrons. The monoisotopic (exact) mass is 251 g/mol. The molecule has 2 atom stereocenters. The van der Waals surface area contributed by atoms with E-state index >= 15 is 0 Å². The van der Waals surface area contributed by atoms with E-state index in [1.807, 2.05) is 19.1 Å². The zero-order chi connectivity index (χ0) is 13.4. The minimum atomic E-state index is -0.175. The zero-order valence-corrected chi connectivity index (χ0v) is 11.5. The van der Waals surface area contributed by atoms with Crippen molar-refractivity contribution in [3.8, 4) is 0 Å². The number of hydrogen-bond acceptors (Lipinski definition) is 2. The summed E-state index contributed by atoms with van der Waals surface area (Å²) in [7, 11) is 0. The minimum Gasteiger partial charge on any atom is -0.393 e. The molecule has 0 aliphatic heterocycles. The van der Waals surface area contributed by atoms with Crippen LogP contribution in [0.5, 0.6) is 0 Å². The van der Waals surface area contributed by atoms with Crippen LogP contribution in [0.3, 0.4) is 0 Å². The van der Waals surface area contributed by atoms with Gasteiger partial charge in [-0.25, -0.2) is 0 Å². The zero-order valence-electron chi connectivity index (χ0n) is 11.5. The summed E-state index contributed by atoms with van der Waals surface area (Å²) in [6, 6.07) is 0. The highest BCUT2D eigenvalue weighted by atomic mass is 16.3. The summed E-state index contributed by atoms with van der Waals surface area (Å²) in [5.41, 5.74) is 1.17. The second kappa shape index (κ2) is 8.09. The number of carbonyl (C=O) groups is 1. The van der Waals surface area contributed by atoms with E-state index in [0.717, 1.165) is 32.1 Å². The molecule has 2 unspecified atom stereocenters. The van der Waals surface area contributed by atoms with Gasteiger partial charge in [-0.1, -0.05) is 31.1 Å². The van der Waals surface area contributed by atoms with E-state index < -0.39 is 0 Å². The highest BCUT2D eigenvalue weighted by Crippen LogP contribution is 2.23. The van der Waals surface area contributed by atoms with Gasteiger partial charge in [0, 0.05) is 12.6 Å². The fourth-order valence-corrected chi connectivity index (χ4v) is 2.35. The molecule has 0 bridgehead atoms. The minimum absolute atomic E-state index is 0.0390.